The van der Waals surface area contributed by atoms with Crippen molar-refractivity contribution in [3.8, 4) is 11.1 Å². The average Bonchev–Trinajstić information content (AvgIpc) is 3.38. The van der Waals surface area contributed by atoms with Gasteiger partial charge in [-0.3, -0.25) is 4.99 Å². The average molecular weight is 470 g/mol. The van der Waals surface area contributed by atoms with E-state index in [9.17, 15) is 0 Å². The standard InChI is InChI=1S/C16H13.C10H11NSi.Zr/c1-12-10-14-8-5-9-15(16(14)11-12)13-6-3-2-4-7-13;1-6-9-7-4-11-5-8(7)10(6)12(9,2)3;/h2-11H,1H3;4-5H,1-3H3;/q-1;;. The summed E-state index contributed by atoms with van der Waals surface area (Å²) in [6.45, 7) is 9.27. The van der Waals surface area contributed by atoms with E-state index in [4.69, 9.17) is 0 Å². The fraction of sp³-hybridized carbons (Fsp3) is 0.154. The fourth-order valence-corrected chi connectivity index (χ4v) is 9.11. The van der Waals surface area contributed by atoms with E-state index in [1.54, 1.807) is 16.0 Å². The second-order valence-corrected chi connectivity index (χ2v) is 12.7. The summed E-state index contributed by atoms with van der Waals surface area (Å²) >= 11 is 0. The van der Waals surface area contributed by atoms with Crippen LogP contribution in [0.1, 0.15) is 12.5 Å². The molecule has 4 aliphatic rings. The number of fused-ring (bicyclic) bond motifs is 1. The number of hydrogen-bond acceptors (Lipinski definition) is 1. The first-order valence-electron chi connectivity index (χ1n) is 9.90. The minimum atomic E-state index is -1.11. The van der Waals surface area contributed by atoms with Crippen LogP contribution in [0.25, 0.3) is 21.9 Å². The number of aliphatic imine (C=N–C) groups is 1. The molecule has 1 aliphatic carbocycles. The number of nitrogens with zero attached hydrogens (tertiary/aromatic N) is 1. The molecule has 0 aromatic heterocycles. The van der Waals surface area contributed by atoms with E-state index in [1.807, 2.05) is 12.4 Å². The van der Waals surface area contributed by atoms with Crippen molar-refractivity contribution in [3.05, 3.63) is 99.5 Å². The zero-order chi connectivity index (χ0) is 19.5. The van der Waals surface area contributed by atoms with Gasteiger partial charge >= 0.3 is 0 Å². The topological polar surface area (TPSA) is 12.4 Å². The molecule has 3 aromatic rings. The SMILES string of the molecule is CC1=C2C3=CN=CC3=C1[Si]2(C)C.Cc1cc2c(-c3ccccc3)cccc2[cH-]1.[Zr]. The van der Waals surface area contributed by atoms with Gasteiger partial charge in [-0.25, -0.2) is 0 Å². The molecule has 0 amide bonds. The first-order valence-corrected chi connectivity index (χ1v) is 12.9. The molecule has 0 saturated carbocycles. The molecule has 0 saturated heterocycles. The zero-order valence-electron chi connectivity index (χ0n) is 17.4. The minimum Gasteiger partial charge on any atom is -0.263 e. The predicted octanol–water partition coefficient (Wildman–Crippen LogP) is 6.91. The Balaban J connectivity index is 0.000000141. The van der Waals surface area contributed by atoms with Crippen LogP contribution in [-0.4, -0.2) is 14.3 Å². The maximum Gasteiger partial charge on any atom is 0.114 e. The van der Waals surface area contributed by atoms with E-state index >= 15 is 0 Å². The maximum atomic E-state index is 4.19. The predicted molar refractivity (Wildman–Crippen MR) is 123 cm³/mol. The van der Waals surface area contributed by atoms with Crippen LogP contribution >= 0.6 is 0 Å². The van der Waals surface area contributed by atoms with E-state index in [0.717, 1.165) is 0 Å². The normalized spacial score (nSPS) is 17.4. The molecular weight excluding hydrogens is 446 g/mol. The summed E-state index contributed by atoms with van der Waals surface area (Å²) in [5, 5.41) is 6.00. The van der Waals surface area contributed by atoms with Crippen LogP contribution in [0, 0.1) is 6.92 Å². The van der Waals surface area contributed by atoms with Crippen molar-refractivity contribution in [1.82, 2.24) is 0 Å². The zero-order valence-corrected chi connectivity index (χ0v) is 20.8. The summed E-state index contributed by atoms with van der Waals surface area (Å²) in [6, 6.07) is 21.6. The summed E-state index contributed by atoms with van der Waals surface area (Å²) in [6.07, 6.45) is 4.06. The molecule has 3 heteroatoms. The Bertz CT molecular complexity index is 1240. The smallest absolute Gasteiger partial charge is 0.114 e. The Labute approximate surface area is 193 Å². The van der Waals surface area contributed by atoms with Gasteiger partial charge in [0.2, 0.25) is 0 Å². The van der Waals surface area contributed by atoms with Gasteiger partial charge in [0.25, 0.3) is 0 Å². The third-order valence-corrected chi connectivity index (χ3v) is 10.0. The molecule has 142 valence electrons. The van der Waals surface area contributed by atoms with Crippen LogP contribution in [-0.2, 0) is 26.2 Å². The Kier molecular flexibility index (Phi) is 5.17. The van der Waals surface area contributed by atoms with Gasteiger partial charge in [0.05, 0.1) is 0 Å². The van der Waals surface area contributed by atoms with Gasteiger partial charge in [0.1, 0.15) is 8.07 Å². The monoisotopic (exact) mass is 468 g/mol. The van der Waals surface area contributed by atoms with Gasteiger partial charge in [-0.1, -0.05) is 67.6 Å². The molecule has 3 heterocycles. The van der Waals surface area contributed by atoms with Crippen LogP contribution in [0.3, 0.4) is 0 Å². The van der Waals surface area contributed by atoms with E-state index in [0.29, 0.717) is 0 Å². The molecule has 0 spiro atoms. The van der Waals surface area contributed by atoms with Crippen molar-refractivity contribution in [1.29, 1.82) is 0 Å². The van der Waals surface area contributed by atoms with Crippen molar-refractivity contribution < 1.29 is 26.2 Å². The molecule has 1 nitrogen and oxygen atoms in total. The molecule has 0 fully saturated rings. The Morgan fingerprint density at radius 3 is 2.34 bits per heavy atom. The van der Waals surface area contributed by atoms with Crippen molar-refractivity contribution in [2.24, 2.45) is 4.99 Å². The molecule has 0 unspecified atom stereocenters. The van der Waals surface area contributed by atoms with Crippen LogP contribution in [0.4, 0.5) is 0 Å². The molecule has 0 radical (unpaired) electrons. The number of aryl methyl sites for hydroxylation is 1. The largest absolute Gasteiger partial charge is 0.263 e. The Morgan fingerprint density at radius 1 is 0.897 bits per heavy atom. The van der Waals surface area contributed by atoms with Gasteiger partial charge < -0.3 is 0 Å². The molecule has 0 atom stereocenters. The van der Waals surface area contributed by atoms with Gasteiger partial charge in [-0.2, -0.15) is 6.07 Å². The Hall–Kier alpha value is -1.96. The molecule has 3 aliphatic heterocycles. The summed E-state index contributed by atoms with van der Waals surface area (Å²) in [7, 11) is -1.11. The van der Waals surface area contributed by atoms with Crippen LogP contribution in [0.2, 0.25) is 13.1 Å². The maximum absolute atomic E-state index is 4.19. The number of allylic oxidation sites excluding steroid dienone is 5. The van der Waals surface area contributed by atoms with Crippen LogP contribution in [0.15, 0.2) is 99.0 Å². The Morgan fingerprint density at radius 2 is 1.66 bits per heavy atom. The van der Waals surface area contributed by atoms with Gasteiger partial charge in [0, 0.05) is 49.8 Å². The van der Waals surface area contributed by atoms with Gasteiger partial charge in [-0.05, 0) is 22.9 Å². The van der Waals surface area contributed by atoms with E-state index < -0.39 is 8.07 Å². The molecule has 3 aromatic carbocycles. The van der Waals surface area contributed by atoms with E-state index in [-0.39, 0.29) is 26.2 Å². The molecule has 7 rings (SSSR count). The first-order chi connectivity index (χ1) is 13.5. The quantitative estimate of drug-likeness (QED) is 0.271. The third kappa shape index (κ3) is 3.07. The number of benzene rings is 2. The molecule has 0 N–H and O–H groups in total. The molecular formula is C26H24NSiZr-. The summed E-state index contributed by atoms with van der Waals surface area (Å²) < 4.78 is 0. The third-order valence-electron chi connectivity index (χ3n) is 6.22. The van der Waals surface area contributed by atoms with E-state index in [2.05, 4.69) is 92.6 Å². The second-order valence-electron chi connectivity index (χ2n) is 8.44. The molecule has 29 heavy (non-hydrogen) atoms. The van der Waals surface area contributed by atoms with Crippen molar-refractivity contribution in [2.75, 3.05) is 0 Å². The van der Waals surface area contributed by atoms with Crippen molar-refractivity contribution >= 4 is 25.1 Å². The number of hydrogen-bond donors (Lipinski definition) is 0. The molecule has 2 bridgehead atoms. The van der Waals surface area contributed by atoms with Crippen molar-refractivity contribution in [3.63, 3.8) is 0 Å². The minimum absolute atomic E-state index is 0. The number of rotatable bonds is 1. The fourth-order valence-electron chi connectivity index (χ4n) is 5.18. The van der Waals surface area contributed by atoms with E-state index in [1.165, 1.54) is 38.6 Å². The summed E-state index contributed by atoms with van der Waals surface area (Å²) in [5.74, 6) is 0. The second kappa shape index (κ2) is 7.38. The first kappa shape index (κ1) is 20.3. The van der Waals surface area contributed by atoms with Gasteiger partial charge in [-0.15, -0.1) is 34.5 Å². The van der Waals surface area contributed by atoms with Crippen LogP contribution in [0.5, 0.6) is 0 Å². The summed E-state index contributed by atoms with van der Waals surface area (Å²) in [4.78, 5) is 4.19. The van der Waals surface area contributed by atoms with Crippen molar-refractivity contribution in [2.45, 2.75) is 26.9 Å². The summed E-state index contributed by atoms with van der Waals surface area (Å²) in [5.41, 5.74) is 8.39. The van der Waals surface area contributed by atoms with Gasteiger partial charge in [0.15, 0.2) is 0 Å². The van der Waals surface area contributed by atoms with Crippen LogP contribution < -0.4 is 0 Å².